The molecule has 12 aromatic rings. The maximum Gasteiger partial charge on any atom is 0.0619 e. The van der Waals surface area contributed by atoms with Gasteiger partial charge in [-0.05, 0) is 106 Å². The average molecular weight is 778 g/mol. The predicted molar refractivity (Wildman–Crippen MR) is 258 cm³/mol. The van der Waals surface area contributed by atoms with Crippen LogP contribution in [0.25, 0.3) is 88.0 Å². The van der Waals surface area contributed by atoms with Crippen LogP contribution in [0.4, 0.5) is 17.1 Å². The van der Waals surface area contributed by atoms with Crippen LogP contribution in [-0.4, -0.2) is 9.13 Å². The van der Waals surface area contributed by atoms with Crippen molar-refractivity contribution in [2.24, 2.45) is 0 Å². The standard InChI is InChI=1S/C58H39N3/c1-2-18-43(19-3-1)61-57-30-11-8-24-53(57)54-27-14-26-50(58(54)61)41-31-33-44(34-32-41)59(47-20-12-17-42(39-47)49-25-13-16-40-15-4-5-21-48(40)49)45-35-37-46(38-36-45)60-55-28-9-6-22-51(55)52-23-7-10-29-56(52)60/h1-39H. The molecule has 286 valence electrons. The van der Waals surface area contributed by atoms with Crippen LogP contribution < -0.4 is 4.90 Å². The topological polar surface area (TPSA) is 13.1 Å². The lowest BCUT2D eigenvalue weighted by atomic mass is 9.97. The number of hydrogen-bond donors (Lipinski definition) is 0. The fourth-order valence-electron chi connectivity index (χ4n) is 9.58. The summed E-state index contributed by atoms with van der Waals surface area (Å²) < 4.78 is 4.79. The quantitative estimate of drug-likeness (QED) is 0.157. The van der Waals surface area contributed by atoms with Gasteiger partial charge < -0.3 is 14.0 Å². The highest BCUT2D eigenvalue weighted by atomic mass is 15.1. The molecular weight excluding hydrogens is 739 g/mol. The van der Waals surface area contributed by atoms with Crippen LogP contribution >= 0.6 is 0 Å². The number of nitrogens with zero attached hydrogens (tertiary/aromatic N) is 3. The molecule has 2 aromatic heterocycles. The van der Waals surface area contributed by atoms with Gasteiger partial charge in [-0.25, -0.2) is 0 Å². The first-order chi connectivity index (χ1) is 30.3. The lowest BCUT2D eigenvalue weighted by Gasteiger charge is -2.27. The Bertz CT molecular complexity index is 3520. The summed E-state index contributed by atoms with van der Waals surface area (Å²) in [6.45, 7) is 0. The number of hydrogen-bond acceptors (Lipinski definition) is 1. The minimum atomic E-state index is 1.08. The van der Waals surface area contributed by atoms with Crippen molar-refractivity contribution in [1.82, 2.24) is 9.13 Å². The average Bonchev–Trinajstić information content (AvgIpc) is 3.86. The van der Waals surface area contributed by atoms with E-state index in [-0.39, 0.29) is 0 Å². The Labute approximate surface area is 354 Å². The number of anilines is 3. The Hall–Kier alpha value is -8.14. The molecular formula is C58H39N3. The molecule has 0 unspecified atom stereocenters. The van der Waals surface area contributed by atoms with E-state index < -0.39 is 0 Å². The van der Waals surface area contributed by atoms with Crippen LogP contribution in [0.2, 0.25) is 0 Å². The second kappa shape index (κ2) is 14.3. The van der Waals surface area contributed by atoms with Gasteiger partial charge in [0.2, 0.25) is 0 Å². The number of fused-ring (bicyclic) bond motifs is 7. The van der Waals surface area contributed by atoms with E-state index in [1.807, 2.05) is 0 Å². The third-order valence-corrected chi connectivity index (χ3v) is 12.3. The van der Waals surface area contributed by atoms with Gasteiger partial charge in [-0.1, -0.05) is 158 Å². The van der Waals surface area contributed by atoms with E-state index in [1.165, 1.54) is 76.6 Å². The van der Waals surface area contributed by atoms with Crippen molar-refractivity contribution < 1.29 is 0 Å². The highest BCUT2D eigenvalue weighted by Crippen LogP contribution is 2.42. The van der Waals surface area contributed by atoms with Crippen LogP contribution in [0.3, 0.4) is 0 Å². The van der Waals surface area contributed by atoms with Crippen LogP contribution in [0.5, 0.6) is 0 Å². The first kappa shape index (κ1) is 34.9. The molecule has 0 radical (unpaired) electrons. The summed E-state index contributed by atoms with van der Waals surface area (Å²) in [6, 6.07) is 85.9. The van der Waals surface area contributed by atoms with Gasteiger partial charge in [-0.15, -0.1) is 0 Å². The third kappa shape index (κ3) is 5.74. The van der Waals surface area contributed by atoms with Gasteiger partial charge in [-0.2, -0.15) is 0 Å². The van der Waals surface area contributed by atoms with Crippen molar-refractivity contribution in [3.05, 3.63) is 237 Å². The van der Waals surface area contributed by atoms with Gasteiger partial charge in [0.15, 0.2) is 0 Å². The van der Waals surface area contributed by atoms with E-state index in [1.54, 1.807) is 0 Å². The third-order valence-electron chi connectivity index (χ3n) is 12.3. The summed E-state index contributed by atoms with van der Waals surface area (Å²) in [6.07, 6.45) is 0. The smallest absolute Gasteiger partial charge is 0.0619 e. The second-order valence-corrected chi connectivity index (χ2v) is 15.7. The van der Waals surface area contributed by atoms with Crippen molar-refractivity contribution >= 4 is 71.4 Å². The van der Waals surface area contributed by atoms with Crippen LogP contribution in [0.15, 0.2) is 237 Å². The summed E-state index contributed by atoms with van der Waals surface area (Å²) in [5, 5.41) is 7.50. The van der Waals surface area contributed by atoms with E-state index in [0.717, 1.165) is 28.4 Å². The van der Waals surface area contributed by atoms with E-state index in [0.29, 0.717) is 0 Å². The summed E-state index contributed by atoms with van der Waals surface area (Å²) in [7, 11) is 0. The number of para-hydroxylation sites is 5. The van der Waals surface area contributed by atoms with Crippen LogP contribution in [0, 0.1) is 0 Å². The van der Waals surface area contributed by atoms with Crippen molar-refractivity contribution in [2.75, 3.05) is 4.90 Å². The Morgan fingerprint density at radius 3 is 1.48 bits per heavy atom. The molecule has 3 heteroatoms. The van der Waals surface area contributed by atoms with E-state index in [9.17, 15) is 0 Å². The van der Waals surface area contributed by atoms with Crippen molar-refractivity contribution in [2.45, 2.75) is 0 Å². The Kier molecular flexibility index (Phi) is 8.17. The first-order valence-electron chi connectivity index (χ1n) is 20.9. The molecule has 0 saturated carbocycles. The highest BCUT2D eigenvalue weighted by Gasteiger charge is 2.19. The van der Waals surface area contributed by atoms with Gasteiger partial charge in [0.1, 0.15) is 0 Å². The summed E-state index contributed by atoms with van der Waals surface area (Å²) in [4.78, 5) is 2.38. The van der Waals surface area contributed by atoms with Gasteiger partial charge in [-0.3, -0.25) is 0 Å². The zero-order chi connectivity index (χ0) is 40.3. The van der Waals surface area contributed by atoms with Gasteiger partial charge in [0, 0.05) is 55.5 Å². The molecule has 3 nitrogen and oxygen atoms in total. The maximum atomic E-state index is 2.41. The fraction of sp³-hybridized carbons (Fsp3) is 0. The molecule has 0 aliphatic carbocycles. The SMILES string of the molecule is c1ccc(-n2c3ccccc3c3cccc(-c4ccc(N(c5ccc(-n6c7ccccc7c7ccccc76)cc5)c5cccc(-c6cccc7ccccc67)c5)cc4)c32)cc1. The van der Waals surface area contributed by atoms with Gasteiger partial charge in [0.25, 0.3) is 0 Å². The summed E-state index contributed by atoms with van der Waals surface area (Å²) in [5.74, 6) is 0. The largest absolute Gasteiger partial charge is 0.310 e. The van der Waals surface area contributed by atoms with Gasteiger partial charge in [0.05, 0.1) is 22.1 Å². The Balaban J connectivity index is 1.01. The maximum absolute atomic E-state index is 2.41. The minimum Gasteiger partial charge on any atom is -0.310 e. The number of benzene rings is 10. The predicted octanol–water partition coefficient (Wildman–Crippen LogP) is 15.8. The molecule has 0 saturated heterocycles. The molecule has 0 amide bonds. The molecule has 0 N–H and O–H groups in total. The van der Waals surface area contributed by atoms with Gasteiger partial charge >= 0.3 is 0 Å². The van der Waals surface area contributed by atoms with Crippen LogP contribution in [-0.2, 0) is 0 Å². The molecule has 0 spiro atoms. The lowest BCUT2D eigenvalue weighted by molar-refractivity contribution is 1.17. The molecule has 0 atom stereocenters. The van der Waals surface area contributed by atoms with Crippen molar-refractivity contribution in [3.63, 3.8) is 0 Å². The normalized spacial score (nSPS) is 11.6. The van der Waals surface area contributed by atoms with E-state index >= 15 is 0 Å². The van der Waals surface area contributed by atoms with Crippen LogP contribution in [0.1, 0.15) is 0 Å². The van der Waals surface area contributed by atoms with Crippen molar-refractivity contribution in [1.29, 1.82) is 0 Å². The van der Waals surface area contributed by atoms with E-state index in [2.05, 4.69) is 251 Å². The summed E-state index contributed by atoms with van der Waals surface area (Å²) in [5.41, 5.74) is 15.1. The molecule has 0 aliphatic rings. The summed E-state index contributed by atoms with van der Waals surface area (Å²) >= 11 is 0. The zero-order valence-corrected chi connectivity index (χ0v) is 33.4. The molecule has 0 bridgehead atoms. The lowest BCUT2D eigenvalue weighted by Crippen LogP contribution is -2.10. The number of rotatable bonds is 7. The van der Waals surface area contributed by atoms with Crippen molar-refractivity contribution in [3.8, 4) is 33.6 Å². The second-order valence-electron chi connectivity index (χ2n) is 15.7. The molecule has 10 aromatic carbocycles. The molecule has 12 rings (SSSR count). The molecule has 2 heterocycles. The highest BCUT2D eigenvalue weighted by molar-refractivity contribution is 6.14. The fourth-order valence-corrected chi connectivity index (χ4v) is 9.58. The molecule has 0 fully saturated rings. The number of aromatic nitrogens is 2. The monoisotopic (exact) mass is 777 g/mol. The molecule has 0 aliphatic heterocycles. The minimum absolute atomic E-state index is 1.08. The molecule has 61 heavy (non-hydrogen) atoms. The Morgan fingerprint density at radius 1 is 0.279 bits per heavy atom. The Morgan fingerprint density at radius 2 is 0.770 bits per heavy atom. The van der Waals surface area contributed by atoms with E-state index in [4.69, 9.17) is 0 Å². The zero-order valence-electron chi connectivity index (χ0n) is 33.4. The first-order valence-corrected chi connectivity index (χ1v) is 20.9.